The maximum atomic E-state index is 5.98. The van der Waals surface area contributed by atoms with Gasteiger partial charge in [-0.3, -0.25) is 0 Å². The van der Waals surface area contributed by atoms with E-state index in [2.05, 4.69) is 39.8 Å². The third-order valence-electron chi connectivity index (χ3n) is 3.51. The van der Waals surface area contributed by atoms with E-state index >= 15 is 0 Å². The molecule has 1 saturated carbocycles. The van der Waals surface area contributed by atoms with Gasteiger partial charge in [0, 0.05) is 17.5 Å². The van der Waals surface area contributed by atoms with Gasteiger partial charge in [-0.1, -0.05) is 38.5 Å². The molecule has 0 aliphatic heterocycles. The number of ether oxygens (including phenoxy) is 1. The highest BCUT2D eigenvalue weighted by atomic mass is 16.5. The Labute approximate surface area is 104 Å². The molecule has 1 aliphatic carbocycles. The van der Waals surface area contributed by atoms with Gasteiger partial charge in [-0.25, -0.2) is 0 Å². The van der Waals surface area contributed by atoms with E-state index in [0.29, 0.717) is 12.0 Å². The van der Waals surface area contributed by atoms with E-state index in [1.807, 2.05) is 0 Å². The van der Waals surface area contributed by atoms with Gasteiger partial charge in [-0.2, -0.15) is 0 Å². The van der Waals surface area contributed by atoms with E-state index in [-0.39, 0.29) is 5.41 Å². The van der Waals surface area contributed by atoms with E-state index in [1.54, 1.807) is 7.11 Å². The first-order chi connectivity index (χ1) is 7.84. The second-order valence-corrected chi connectivity index (χ2v) is 6.19. The van der Waals surface area contributed by atoms with E-state index in [4.69, 9.17) is 10.5 Å². The summed E-state index contributed by atoms with van der Waals surface area (Å²) in [5.41, 5.74) is 9.96. The maximum absolute atomic E-state index is 5.98. The zero-order valence-electron chi connectivity index (χ0n) is 11.5. The number of hydrogen-bond acceptors (Lipinski definition) is 2. The van der Waals surface area contributed by atoms with E-state index in [9.17, 15) is 0 Å². The molecule has 0 heterocycles. The van der Waals surface area contributed by atoms with Crippen LogP contribution in [-0.4, -0.2) is 13.2 Å². The molecule has 94 valence electrons. The van der Waals surface area contributed by atoms with Crippen molar-refractivity contribution in [2.24, 2.45) is 5.73 Å². The van der Waals surface area contributed by atoms with Crippen LogP contribution in [0.3, 0.4) is 0 Å². The molecular formula is C15H23NO. The molecule has 0 bridgehead atoms. The fraction of sp³-hybridized carbons (Fsp3) is 0.600. The molecule has 0 spiro atoms. The largest absolute Gasteiger partial charge is 0.496 e. The molecule has 1 fully saturated rings. The van der Waals surface area contributed by atoms with Gasteiger partial charge in [-0.05, 0) is 24.3 Å². The molecule has 0 aromatic heterocycles. The number of rotatable bonds is 2. The van der Waals surface area contributed by atoms with Crippen LogP contribution in [-0.2, 0) is 5.41 Å². The first-order valence-electron chi connectivity index (χ1n) is 6.29. The number of nitrogens with two attached hydrogens (primary N) is 1. The Morgan fingerprint density at radius 2 is 1.88 bits per heavy atom. The van der Waals surface area contributed by atoms with Gasteiger partial charge in [-0.15, -0.1) is 0 Å². The Hall–Kier alpha value is -1.02. The lowest BCUT2D eigenvalue weighted by Crippen LogP contribution is -2.15. The minimum atomic E-state index is 0.102. The Morgan fingerprint density at radius 1 is 1.29 bits per heavy atom. The van der Waals surface area contributed by atoms with Gasteiger partial charge >= 0.3 is 0 Å². The molecule has 0 radical (unpaired) electrons. The van der Waals surface area contributed by atoms with Crippen molar-refractivity contribution in [1.29, 1.82) is 0 Å². The monoisotopic (exact) mass is 233 g/mol. The maximum Gasteiger partial charge on any atom is 0.126 e. The van der Waals surface area contributed by atoms with Gasteiger partial charge in [0.1, 0.15) is 5.75 Å². The SMILES string of the molecule is COc1c(C2CC2N)cc(C)cc1C(C)(C)C. The first-order valence-corrected chi connectivity index (χ1v) is 6.29. The summed E-state index contributed by atoms with van der Waals surface area (Å²) < 4.78 is 5.65. The van der Waals surface area contributed by atoms with Crippen LogP contribution in [0.1, 0.15) is 49.8 Å². The fourth-order valence-corrected chi connectivity index (χ4v) is 2.43. The average molecular weight is 233 g/mol. The van der Waals surface area contributed by atoms with Gasteiger partial charge in [0.25, 0.3) is 0 Å². The lowest BCUT2D eigenvalue weighted by molar-refractivity contribution is 0.392. The van der Waals surface area contributed by atoms with Crippen LogP contribution in [0.5, 0.6) is 5.75 Å². The highest BCUT2D eigenvalue weighted by Gasteiger charge is 2.38. The van der Waals surface area contributed by atoms with Gasteiger partial charge in [0.05, 0.1) is 7.11 Å². The zero-order valence-corrected chi connectivity index (χ0v) is 11.5. The summed E-state index contributed by atoms with van der Waals surface area (Å²) in [6.45, 7) is 8.81. The van der Waals surface area contributed by atoms with Crippen LogP contribution in [0, 0.1) is 6.92 Å². The predicted molar refractivity (Wildman–Crippen MR) is 71.8 cm³/mol. The molecule has 1 aromatic rings. The molecule has 2 nitrogen and oxygen atoms in total. The molecule has 2 N–H and O–H groups in total. The lowest BCUT2D eigenvalue weighted by atomic mass is 9.83. The smallest absolute Gasteiger partial charge is 0.126 e. The highest BCUT2D eigenvalue weighted by molar-refractivity contribution is 5.51. The third-order valence-corrected chi connectivity index (χ3v) is 3.51. The molecule has 17 heavy (non-hydrogen) atoms. The van der Waals surface area contributed by atoms with Crippen LogP contribution >= 0.6 is 0 Å². The summed E-state index contributed by atoms with van der Waals surface area (Å²) in [6, 6.07) is 4.78. The molecule has 1 aliphatic rings. The van der Waals surface area contributed by atoms with E-state index in [0.717, 1.165) is 12.2 Å². The minimum Gasteiger partial charge on any atom is -0.496 e. The number of hydrogen-bond donors (Lipinski definition) is 1. The van der Waals surface area contributed by atoms with Crippen LogP contribution in [0.4, 0.5) is 0 Å². The van der Waals surface area contributed by atoms with E-state index < -0.39 is 0 Å². The van der Waals surface area contributed by atoms with Crippen LogP contribution < -0.4 is 10.5 Å². The Morgan fingerprint density at radius 3 is 2.29 bits per heavy atom. The predicted octanol–water partition coefficient (Wildman–Crippen LogP) is 3.12. The van der Waals surface area contributed by atoms with Gasteiger partial charge in [0.2, 0.25) is 0 Å². The second-order valence-electron chi connectivity index (χ2n) is 6.19. The number of benzene rings is 1. The van der Waals surface area contributed by atoms with Crippen molar-refractivity contribution in [1.82, 2.24) is 0 Å². The summed E-state index contributed by atoms with van der Waals surface area (Å²) in [6.07, 6.45) is 1.09. The molecule has 1 aromatic carbocycles. The van der Waals surface area contributed by atoms with Crippen molar-refractivity contribution in [3.05, 3.63) is 28.8 Å². The van der Waals surface area contributed by atoms with E-state index in [1.165, 1.54) is 16.7 Å². The molecular weight excluding hydrogens is 210 g/mol. The van der Waals surface area contributed by atoms with Gasteiger partial charge < -0.3 is 10.5 Å². The van der Waals surface area contributed by atoms with Crippen molar-refractivity contribution in [2.75, 3.05) is 7.11 Å². The zero-order chi connectivity index (χ0) is 12.8. The molecule has 0 saturated heterocycles. The molecule has 2 atom stereocenters. The molecule has 2 heteroatoms. The number of aryl methyl sites for hydroxylation is 1. The van der Waals surface area contributed by atoms with Crippen molar-refractivity contribution in [2.45, 2.75) is 51.5 Å². The second kappa shape index (κ2) is 4.02. The van der Waals surface area contributed by atoms with Crippen LogP contribution in [0.25, 0.3) is 0 Å². The lowest BCUT2D eigenvalue weighted by Gasteiger charge is -2.25. The van der Waals surface area contributed by atoms with Crippen molar-refractivity contribution >= 4 is 0 Å². The summed E-state index contributed by atoms with van der Waals surface area (Å²) in [7, 11) is 1.76. The minimum absolute atomic E-state index is 0.102. The van der Waals surface area contributed by atoms with Gasteiger partial charge in [0.15, 0.2) is 0 Å². The molecule has 0 amide bonds. The van der Waals surface area contributed by atoms with Crippen molar-refractivity contribution < 1.29 is 4.74 Å². The summed E-state index contributed by atoms with van der Waals surface area (Å²) in [5, 5.41) is 0. The number of methoxy groups -OCH3 is 1. The topological polar surface area (TPSA) is 35.2 Å². The van der Waals surface area contributed by atoms with Crippen LogP contribution in [0.15, 0.2) is 12.1 Å². The summed E-state index contributed by atoms with van der Waals surface area (Å²) >= 11 is 0. The Balaban J connectivity index is 2.56. The molecule has 2 rings (SSSR count). The van der Waals surface area contributed by atoms with Crippen molar-refractivity contribution in [3.8, 4) is 5.75 Å². The summed E-state index contributed by atoms with van der Waals surface area (Å²) in [5.74, 6) is 1.53. The quantitative estimate of drug-likeness (QED) is 0.852. The highest BCUT2D eigenvalue weighted by Crippen LogP contribution is 2.47. The third kappa shape index (κ3) is 2.32. The molecule has 2 unspecified atom stereocenters. The Bertz CT molecular complexity index is 431. The Kier molecular flexibility index (Phi) is 2.94. The fourth-order valence-electron chi connectivity index (χ4n) is 2.43. The summed E-state index contributed by atoms with van der Waals surface area (Å²) in [4.78, 5) is 0. The first kappa shape index (κ1) is 12.4. The van der Waals surface area contributed by atoms with Crippen molar-refractivity contribution in [3.63, 3.8) is 0 Å². The van der Waals surface area contributed by atoms with Crippen LogP contribution in [0.2, 0.25) is 0 Å². The standard InChI is InChI=1S/C15H23NO/c1-9-6-11(10-8-13(10)16)14(17-5)12(7-9)15(2,3)4/h6-7,10,13H,8,16H2,1-5H3. The average Bonchev–Trinajstić information content (AvgIpc) is 2.93. The normalized spacial score (nSPS) is 23.6.